The number of aryl methyl sites for hydroxylation is 1. The van der Waals surface area contributed by atoms with E-state index in [4.69, 9.17) is 4.74 Å². The van der Waals surface area contributed by atoms with Gasteiger partial charge in [0.1, 0.15) is 4.88 Å². The Morgan fingerprint density at radius 3 is 3.00 bits per heavy atom. The maximum absolute atomic E-state index is 12.4. The zero-order chi connectivity index (χ0) is 14.7. The second kappa shape index (κ2) is 6.40. The maximum atomic E-state index is 12.4. The Morgan fingerprint density at radius 2 is 2.24 bits per heavy atom. The van der Waals surface area contributed by atoms with Gasteiger partial charge >= 0.3 is 0 Å². The molecular formula is C15H23N3O2S. The number of ether oxygens (including phenoxy) is 1. The molecule has 1 unspecified atom stereocenters. The molecule has 1 aromatic rings. The van der Waals surface area contributed by atoms with E-state index in [1.807, 2.05) is 0 Å². The van der Waals surface area contributed by atoms with E-state index in [0.29, 0.717) is 11.5 Å². The van der Waals surface area contributed by atoms with Crippen molar-refractivity contribution in [2.24, 2.45) is 0 Å². The van der Waals surface area contributed by atoms with Gasteiger partial charge in [-0.3, -0.25) is 4.79 Å². The van der Waals surface area contributed by atoms with Crippen molar-refractivity contribution >= 4 is 17.4 Å². The van der Waals surface area contributed by atoms with Gasteiger partial charge in [0, 0.05) is 0 Å². The third-order valence-electron chi connectivity index (χ3n) is 4.56. The van der Waals surface area contributed by atoms with E-state index in [2.05, 4.69) is 21.8 Å². The van der Waals surface area contributed by atoms with Crippen LogP contribution in [0.5, 0.6) is 0 Å². The quantitative estimate of drug-likeness (QED) is 0.929. The van der Waals surface area contributed by atoms with E-state index in [-0.39, 0.29) is 17.6 Å². The number of amides is 1. The Hall–Kier alpha value is -1.01. The van der Waals surface area contributed by atoms with Crippen LogP contribution in [-0.2, 0) is 11.2 Å². The molecule has 21 heavy (non-hydrogen) atoms. The standard InChI is InChI=1S/C15H23N3O2S/c1-2-6-12-13(21-18-17-12)14(19)16-11-9-15(20-10-11)7-4-3-5-8-15/h11H,2-10H2,1H3,(H,16,19). The second-order valence-corrected chi connectivity index (χ2v) is 6.98. The molecule has 0 aromatic carbocycles. The van der Waals surface area contributed by atoms with Crippen LogP contribution in [-0.4, -0.2) is 33.7 Å². The van der Waals surface area contributed by atoms with Crippen molar-refractivity contribution < 1.29 is 9.53 Å². The average Bonchev–Trinajstić information content (AvgIpc) is 3.08. The topological polar surface area (TPSA) is 64.1 Å². The SMILES string of the molecule is CCCc1nnsc1C(=O)NC1COC2(CCCCC2)C1. The molecule has 1 saturated heterocycles. The average molecular weight is 309 g/mol. The normalized spacial score (nSPS) is 24.3. The second-order valence-electron chi connectivity index (χ2n) is 6.23. The first-order valence-corrected chi connectivity index (χ1v) is 8.76. The van der Waals surface area contributed by atoms with Gasteiger partial charge in [0.15, 0.2) is 0 Å². The predicted molar refractivity (Wildman–Crippen MR) is 81.5 cm³/mol. The third-order valence-corrected chi connectivity index (χ3v) is 5.32. The molecule has 116 valence electrons. The van der Waals surface area contributed by atoms with Crippen molar-refractivity contribution in [3.05, 3.63) is 10.6 Å². The molecule has 1 saturated carbocycles. The van der Waals surface area contributed by atoms with Crippen LogP contribution in [0.15, 0.2) is 0 Å². The Bertz CT molecular complexity index is 497. The van der Waals surface area contributed by atoms with Crippen molar-refractivity contribution in [3.8, 4) is 0 Å². The highest BCUT2D eigenvalue weighted by molar-refractivity contribution is 7.08. The maximum Gasteiger partial charge on any atom is 0.265 e. The van der Waals surface area contributed by atoms with Crippen molar-refractivity contribution in [2.75, 3.05) is 6.61 Å². The van der Waals surface area contributed by atoms with Crippen LogP contribution in [0.1, 0.15) is 67.2 Å². The number of carbonyl (C=O) groups excluding carboxylic acids is 1. The zero-order valence-electron chi connectivity index (χ0n) is 12.6. The summed E-state index contributed by atoms with van der Waals surface area (Å²) in [5.41, 5.74) is 0.861. The molecular weight excluding hydrogens is 286 g/mol. The first kappa shape index (κ1) is 14.9. The minimum absolute atomic E-state index is 0.0325. The molecule has 5 nitrogen and oxygen atoms in total. The van der Waals surface area contributed by atoms with Gasteiger partial charge in [0.25, 0.3) is 5.91 Å². The van der Waals surface area contributed by atoms with Crippen LogP contribution in [0.2, 0.25) is 0 Å². The Labute approximate surface area is 129 Å². The molecule has 1 aromatic heterocycles. The van der Waals surface area contributed by atoms with Crippen molar-refractivity contribution in [2.45, 2.75) is 69.9 Å². The smallest absolute Gasteiger partial charge is 0.265 e. The molecule has 1 spiro atoms. The number of rotatable bonds is 4. The molecule has 1 aliphatic heterocycles. The molecule has 1 N–H and O–H groups in total. The molecule has 1 aliphatic carbocycles. The van der Waals surface area contributed by atoms with Crippen LogP contribution < -0.4 is 5.32 Å². The van der Waals surface area contributed by atoms with Crippen molar-refractivity contribution in [3.63, 3.8) is 0 Å². The van der Waals surface area contributed by atoms with E-state index in [1.54, 1.807) is 0 Å². The fourth-order valence-corrected chi connectivity index (χ4v) is 4.13. The number of hydrogen-bond acceptors (Lipinski definition) is 5. The zero-order valence-corrected chi connectivity index (χ0v) is 13.4. The number of aromatic nitrogens is 2. The van der Waals surface area contributed by atoms with Crippen LogP contribution in [0.4, 0.5) is 0 Å². The van der Waals surface area contributed by atoms with E-state index < -0.39 is 0 Å². The summed E-state index contributed by atoms with van der Waals surface area (Å²) < 4.78 is 9.97. The first-order valence-electron chi connectivity index (χ1n) is 7.98. The summed E-state index contributed by atoms with van der Waals surface area (Å²) in [6.07, 6.45) is 8.83. The van der Waals surface area contributed by atoms with Gasteiger partial charge in [-0.15, -0.1) is 5.10 Å². The molecule has 2 heterocycles. The van der Waals surface area contributed by atoms with Gasteiger partial charge in [0.2, 0.25) is 0 Å². The van der Waals surface area contributed by atoms with Gasteiger partial charge in [-0.2, -0.15) is 0 Å². The fraction of sp³-hybridized carbons (Fsp3) is 0.800. The highest BCUT2D eigenvalue weighted by Crippen LogP contribution is 2.39. The lowest BCUT2D eigenvalue weighted by molar-refractivity contribution is -0.0246. The molecule has 1 amide bonds. The summed E-state index contributed by atoms with van der Waals surface area (Å²) in [7, 11) is 0. The Morgan fingerprint density at radius 1 is 1.43 bits per heavy atom. The lowest BCUT2D eigenvalue weighted by Crippen LogP contribution is -2.37. The fourth-order valence-electron chi connectivity index (χ4n) is 3.51. The molecule has 2 aliphatic rings. The number of nitrogens with zero attached hydrogens (tertiary/aromatic N) is 2. The van der Waals surface area contributed by atoms with Gasteiger partial charge in [0.05, 0.1) is 23.9 Å². The number of hydrogen-bond donors (Lipinski definition) is 1. The lowest BCUT2D eigenvalue weighted by Gasteiger charge is -2.32. The molecule has 0 bridgehead atoms. The third kappa shape index (κ3) is 3.26. The minimum Gasteiger partial charge on any atom is -0.373 e. The molecule has 1 atom stereocenters. The molecule has 2 fully saturated rings. The van der Waals surface area contributed by atoms with Gasteiger partial charge in [-0.05, 0) is 37.2 Å². The number of nitrogens with one attached hydrogen (secondary N) is 1. The predicted octanol–water partition coefficient (Wildman–Crippen LogP) is 2.71. The Kier molecular flexibility index (Phi) is 4.54. The first-order chi connectivity index (χ1) is 10.2. The van der Waals surface area contributed by atoms with E-state index in [1.165, 1.54) is 30.8 Å². The highest BCUT2D eigenvalue weighted by atomic mass is 32.1. The molecule has 3 rings (SSSR count). The number of carbonyl (C=O) groups is 1. The highest BCUT2D eigenvalue weighted by Gasteiger charge is 2.41. The summed E-state index contributed by atoms with van der Waals surface area (Å²) >= 11 is 1.19. The minimum atomic E-state index is -0.0325. The molecule has 6 heteroatoms. The monoisotopic (exact) mass is 309 g/mol. The van der Waals surface area contributed by atoms with E-state index in [9.17, 15) is 4.79 Å². The van der Waals surface area contributed by atoms with Crippen LogP contribution >= 0.6 is 11.5 Å². The van der Waals surface area contributed by atoms with E-state index >= 15 is 0 Å². The van der Waals surface area contributed by atoms with Crippen LogP contribution in [0.3, 0.4) is 0 Å². The summed E-state index contributed by atoms with van der Waals surface area (Å²) in [4.78, 5) is 13.1. The van der Waals surface area contributed by atoms with E-state index in [0.717, 1.165) is 37.8 Å². The van der Waals surface area contributed by atoms with Crippen molar-refractivity contribution in [1.29, 1.82) is 0 Å². The summed E-state index contributed by atoms with van der Waals surface area (Å²) in [5, 5.41) is 7.18. The largest absolute Gasteiger partial charge is 0.373 e. The van der Waals surface area contributed by atoms with Gasteiger partial charge in [-0.1, -0.05) is 37.1 Å². The van der Waals surface area contributed by atoms with Crippen LogP contribution in [0, 0.1) is 0 Å². The summed E-state index contributed by atoms with van der Waals surface area (Å²) in [5.74, 6) is -0.0325. The van der Waals surface area contributed by atoms with Gasteiger partial charge < -0.3 is 10.1 Å². The van der Waals surface area contributed by atoms with Crippen LogP contribution in [0.25, 0.3) is 0 Å². The van der Waals surface area contributed by atoms with Gasteiger partial charge in [-0.25, -0.2) is 0 Å². The summed E-state index contributed by atoms with van der Waals surface area (Å²) in [6.45, 7) is 2.72. The molecule has 0 radical (unpaired) electrons. The Balaban J connectivity index is 1.59. The van der Waals surface area contributed by atoms with Crippen molar-refractivity contribution in [1.82, 2.24) is 14.9 Å². The lowest BCUT2D eigenvalue weighted by atomic mass is 9.82. The summed E-state index contributed by atoms with van der Waals surface area (Å²) in [6, 6.07) is 0.132.